The maximum Gasteiger partial charge on any atom is 0.409 e. The van der Waals surface area contributed by atoms with Crippen LogP contribution in [0.15, 0.2) is 18.2 Å². The summed E-state index contributed by atoms with van der Waals surface area (Å²) in [5.41, 5.74) is 1.47. The van der Waals surface area contributed by atoms with E-state index in [0.29, 0.717) is 36.9 Å². The first-order chi connectivity index (χ1) is 18.4. The molecule has 0 spiro atoms. The second-order valence-corrected chi connectivity index (χ2v) is 10.4. The van der Waals surface area contributed by atoms with Gasteiger partial charge < -0.3 is 14.5 Å². The molecule has 4 aliphatic rings. The Hall–Kier alpha value is -3.47. The molecule has 1 aromatic carbocycles. The van der Waals surface area contributed by atoms with Crippen LogP contribution in [0, 0.1) is 0 Å². The molecule has 38 heavy (non-hydrogen) atoms. The van der Waals surface area contributed by atoms with Crippen LogP contribution in [0.5, 0.6) is 0 Å². The second-order valence-electron chi connectivity index (χ2n) is 10.4. The average molecular weight is 526 g/mol. The zero-order valence-electron chi connectivity index (χ0n) is 21.8. The molecular weight excluding hydrogens is 490 g/mol. The van der Waals surface area contributed by atoms with Gasteiger partial charge in [-0.2, -0.15) is 0 Å². The number of ether oxygens (including phenoxy) is 1. The fraction of sp³-hybridized carbons (Fsp3) is 0.593. The zero-order valence-corrected chi connectivity index (χ0v) is 21.8. The van der Waals surface area contributed by atoms with Gasteiger partial charge in [-0.25, -0.2) is 4.79 Å². The summed E-state index contributed by atoms with van der Waals surface area (Å²) in [5, 5.41) is 2.22. The number of unbranched alkanes of at least 4 members (excludes halogenated alkanes) is 1. The van der Waals surface area contributed by atoms with Gasteiger partial charge >= 0.3 is 6.09 Å². The fourth-order valence-corrected chi connectivity index (χ4v) is 5.81. The highest BCUT2D eigenvalue weighted by atomic mass is 16.6. The molecule has 1 atom stereocenters. The summed E-state index contributed by atoms with van der Waals surface area (Å²) in [6.45, 7) is 7.29. The molecular formula is C27H35N5O6. The topological polar surface area (TPSA) is 120 Å². The van der Waals surface area contributed by atoms with Crippen molar-refractivity contribution in [1.82, 2.24) is 20.0 Å². The molecule has 0 aliphatic carbocycles. The van der Waals surface area contributed by atoms with Crippen molar-refractivity contribution in [3.05, 3.63) is 29.3 Å². The van der Waals surface area contributed by atoms with Gasteiger partial charge in [0.25, 0.3) is 11.8 Å². The molecule has 5 amide bonds. The van der Waals surface area contributed by atoms with Gasteiger partial charge in [0, 0.05) is 57.4 Å². The Kier molecular flexibility index (Phi) is 7.64. The summed E-state index contributed by atoms with van der Waals surface area (Å²) >= 11 is 0. The number of benzene rings is 1. The number of rotatable bonds is 6. The molecule has 11 nitrogen and oxygen atoms in total. The van der Waals surface area contributed by atoms with Crippen molar-refractivity contribution in [2.75, 3.05) is 50.8 Å². The molecule has 0 bridgehead atoms. The molecule has 1 aromatic rings. The van der Waals surface area contributed by atoms with Crippen LogP contribution in [-0.4, -0.2) is 102 Å². The van der Waals surface area contributed by atoms with Gasteiger partial charge in [-0.3, -0.25) is 34.3 Å². The number of carbonyl (C=O) groups is 5. The highest BCUT2D eigenvalue weighted by Gasteiger charge is 2.44. The molecule has 3 fully saturated rings. The minimum absolute atomic E-state index is 0.0986. The van der Waals surface area contributed by atoms with Crippen molar-refractivity contribution in [3.63, 3.8) is 0 Å². The zero-order chi connectivity index (χ0) is 26.8. The number of amides is 5. The van der Waals surface area contributed by atoms with Gasteiger partial charge in [-0.1, -0.05) is 13.3 Å². The molecule has 0 saturated carbocycles. The molecule has 3 saturated heterocycles. The normalized spacial score (nSPS) is 23.1. The van der Waals surface area contributed by atoms with Crippen LogP contribution in [0.4, 0.5) is 10.5 Å². The molecule has 4 aliphatic heterocycles. The maximum atomic E-state index is 13.2. The summed E-state index contributed by atoms with van der Waals surface area (Å²) in [6.07, 6.45) is 3.78. The molecule has 1 N–H and O–H groups in total. The summed E-state index contributed by atoms with van der Waals surface area (Å²) in [6, 6.07) is 4.74. The highest BCUT2D eigenvalue weighted by molar-refractivity contribution is 6.23. The number of piperazine rings is 1. The van der Waals surface area contributed by atoms with Crippen molar-refractivity contribution in [1.29, 1.82) is 0 Å². The van der Waals surface area contributed by atoms with Crippen molar-refractivity contribution in [3.8, 4) is 0 Å². The van der Waals surface area contributed by atoms with E-state index in [1.807, 2.05) is 11.0 Å². The number of carbonyl (C=O) groups excluding carboxylic acids is 5. The quantitative estimate of drug-likeness (QED) is 0.440. The first-order valence-corrected chi connectivity index (χ1v) is 13.6. The van der Waals surface area contributed by atoms with Crippen LogP contribution in [0.2, 0.25) is 0 Å². The number of nitrogens with one attached hydrogen (secondary N) is 1. The average Bonchev–Trinajstić information content (AvgIpc) is 3.18. The van der Waals surface area contributed by atoms with E-state index in [1.165, 1.54) is 0 Å². The molecule has 4 heterocycles. The third kappa shape index (κ3) is 5.11. The fourth-order valence-electron chi connectivity index (χ4n) is 5.81. The van der Waals surface area contributed by atoms with Crippen LogP contribution in [-0.2, 0) is 14.3 Å². The standard InChI is InChI=1S/C27H35N5O6/c1-2-3-16-38-27(37)31-10-8-18(9-11-31)29-12-14-30(15-13-29)19-4-5-20-21(17-19)26(36)32(25(20)35)22-6-7-23(33)28-24(22)34/h4-5,17-18,22H,2-3,6-16H2,1H3,(H,28,33,34). The molecule has 204 valence electrons. The van der Waals surface area contributed by atoms with Crippen molar-refractivity contribution in [2.45, 2.75) is 57.5 Å². The van der Waals surface area contributed by atoms with E-state index >= 15 is 0 Å². The van der Waals surface area contributed by atoms with E-state index in [-0.39, 0.29) is 24.8 Å². The van der Waals surface area contributed by atoms with Crippen LogP contribution in [0.1, 0.15) is 66.2 Å². The molecule has 1 unspecified atom stereocenters. The third-order valence-electron chi connectivity index (χ3n) is 8.07. The lowest BCUT2D eigenvalue weighted by molar-refractivity contribution is -0.136. The Morgan fingerprint density at radius 2 is 1.66 bits per heavy atom. The number of anilines is 1. The number of hydrogen-bond acceptors (Lipinski definition) is 8. The van der Waals surface area contributed by atoms with Gasteiger partial charge in [0.15, 0.2) is 0 Å². The first-order valence-electron chi connectivity index (χ1n) is 13.6. The number of likely N-dealkylation sites (tertiary alicyclic amines) is 1. The summed E-state index contributed by atoms with van der Waals surface area (Å²) in [5.74, 6) is -1.97. The number of hydrogen-bond donors (Lipinski definition) is 1. The van der Waals surface area contributed by atoms with E-state index in [1.54, 1.807) is 12.1 Å². The lowest BCUT2D eigenvalue weighted by Crippen LogP contribution is -2.54. The monoisotopic (exact) mass is 525 g/mol. The Balaban J connectivity index is 1.15. The van der Waals surface area contributed by atoms with Gasteiger partial charge in [-0.05, 0) is 43.9 Å². The first kappa shape index (κ1) is 26.1. The van der Waals surface area contributed by atoms with Crippen molar-refractivity contribution < 1.29 is 28.7 Å². The lowest BCUT2D eigenvalue weighted by Gasteiger charge is -2.43. The summed E-state index contributed by atoms with van der Waals surface area (Å²) in [7, 11) is 0. The van der Waals surface area contributed by atoms with Crippen LogP contribution >= 0.6 is 0 Å². The van der Waals surface area contributed by atoms with Gasteiger partial charge in [0.1, 0.15) is 6.04 Å². The van der Waals surface area contributed by atoms with Crippen molar-refractivity contribution >= 4 is 35.4 Å². The number of piperidine rings is 2. The smallest absolute Gasteiger partial charge is 0.409 e. The number of nitrogens with zero attached hydrogens (tertiary/aromatic N) is 4. The third-order valence-corrected chi connectivity index (χ3v) is 8.07. The molecule has 5 rings (SSSR count). The van der Waals surface area contributed by atoms with E-state index in [4.69, 9.17) is 4.74 Å². The van der Waals surface area contributed by atoms with Crippen LogP contribution in [0.25, 0.3) is 0 Å². The Labute approximate surface area is 222 Å². The van der Waals surface area contributed by atoms with E-state index in [0.717, 1.165) is 62.4 Å². The highest BCUT2D eigenvalue weighted by Crippen LogP contribution is 2.31. The minimum atomic E-state index is -0.961. The number of imide groups is 2. The largest absolute Gasteiger partial charge is 0.449 e. The molecule has 0 radical (unpaired) electrons. The van der Waals surface area contributed by atoms with Crippen LogP contribution in [0.3, 0.4) is 0 Å². The lowest BCUT2D eigenvalue weighted by atomic mass is 10.0. The second kappa shape index (κ2) is 11.1. The maximum absolute atomic E-state index is 13.2. The Bertz CT molecular complexity index is 1120. The summed E-state index contributed by atoms with van der Waals surface area (Å²) in [4.78, 5) is 69.6. The van der Waals surface area contributed by atoms with Crippen LogP contribution < -0.4 is 10.2 Å². The Morgan fingerprint density at radius 1 is 0.947 bits per heavy atom. The minimum Gasteiger partial charge on any atom is -0.449 e. The number of fused-ring (bicyclic) bond motifs is 1. The van der Waals surface area contributed by atoms with Crippen molar-refractivity contribution in [2.24, 2.45) is 0 Å². The summed E-state index contributed by atoms with van der Waals surface area (Å²) < 4.78 is 5.35. The van der Waals surface area contributed by atoms with E-state index < -0.39 is 23.8 Å². The predicted molar refractivity (Wildman–Crippen MR) is 138 cm³/mol. The predicted octanol–water partition coefficient (Wildman–Crippen LogP) is 1.61. The van der Waals surface area contributed by atoms with Gasteiger partial charge in [0.2, 0.25) is 11.8 Å². The van der Waals surface area contributed by atoms with Gasteiger partial charge in [0.05, 0.1) is 17.7 Å². The molecule has 0 aromatic heterocycles. The van der Waals surface area contributed by atoms with E-state index in [9.17, 15) is 24.0 Å². The molecule has 11 heteroatoms. The van der Waals surface area contributed by atoms with E-state index in [2.05, 4.69) is 22.0 Å². The Morgan fingerprint density at radius 3 is 2.34 bits per heavy atom. The van der Waals surface area contributed by atoms with Gasteiger partial charge in [-0.15, -0.1) is 0 Å². The SMILES string of the molecule is CCCCOC(=O)N1CCC(N2CCN(c3ccc4c(c3)C(=O)N(C3CCC(=O)NC3=O)C4=O)CC2)CC1.